The summed E-state index contributed by atoms with van der Waals surface area (Å²) in [6, 6.07) is 15.6. The molecule has 1 N–H and O–H groups in total. The number of rotatable bonds is 2. The normalized spacial score (nSPS) is 14.4. The highest BCUT2D eigenvalue weighted by atomic mass is 15.1. The molecule has 0 spiro atoms. The van der Waals surface area contributed by atoms with E-state index in [-0.39, 0.29) is 0 Å². The largest absolute Gasteiger partial charge is 0.338 e. The summed E-state index contributed by atoms with van der Waals surface area (Å²) < 4.78 is 0. The Labute approximate surface area is 133 Å². The average Bonchev–Trinajstić information content (AvgIpc) is 2.95. The molecule has 0 saturated carbocycles. The molecule has 23 heavy (non-hydrogen) atoms. The molecule has 1 aliphatic heterocycles. The van der Waals surface area contributed by atoms with Crippen molar-refractivity contribution in [3.63, 3.8) is 0 Å². The van der Waals surface area contributed by atoms with Gasteiger partial charge in [-0.15, -0.1) is 0 Å². The fraction of sp³-hybridized carbons (Fsp3) is 0. The van der Waals surface area contributed by atoms with Gasteiger partial charge in [0.05, 0.1) is 23.8 Å². The van der Waals surface area contributed by atoms with Crippen LogP contribution in [0.15, 0.2) is 83.3 Å². The lowest BCUT2D eigenvalue weighted by molar-refractivity contribution is 1.30. The summed E-state index contributed by atoms with van der Waals surface area (Å²) in [7, 11) is 0. The number of nitrogens with zero attached hydrogens (tertiary/aromatic N) is 4. The van der Waals surface area contributed by atoms with Gasteiger partial charge in [-0.2, -0.15) is 0 Å². The molecule has 1 aromatic carbocycles. The third-order valence-corrected chi connectivity index (χ3v) is 3.45. The van der Waals surface area contributed by atoms with E-state index in [2.05, 4.69) is 25.3 Å². The van der Waals surface area contributed by atoms with Gasteiger partial charge < -0.3 is 5.32 Å². The molecule has 0 unspecified atom stereocenters. The zero-order chi connectivity index (χ0) is 15.5. The Bertz CT molecular complexity index is 886. The van der Waals surface area contributed by atoms with Crippen LogP contribution in [-0.2, 0) is 0 Å². The molecular weight excluding hydrogens is 286 g/mol. The number of anilines is 1. The van der Waals surface area contributed by atoms with Gasteiger partial charge in [0, 0.05) is 23.5 Å². The summed E-state index contributed by atoms with van der Waals surface area (Å²) >= 11 is 0. The van der Waals surface area contributed by atoms with Crippen LogP contribution >= 0.6 is 0 Å². The van der Waals surface area contributed by atoms with E-state index in [1.807, 2.05) is 48.5 Å². The molecule has 0 bridgehead atoms. The van der Waals surface area contributed by atoms with E-state index in [1.165, 1.54) is 0 Å². The van der Waals surface area contributed by atoms with Gasteiger partial charge in [0.1, 0.15) is 5.84 Å². The van der Waals surface area contributed by atoms with Crippen molar-refractivity contribution in [3.05, 3.63) is 84.4 Å². The second kappa shape index (κ2) is 5.81. The van der Waals surface area contributed by atoms with Crippen molar-refractivity contribution in [3.8, 4) is 0 Å². The van der Waals surface area contributed by atoms with Crippen LogP contribution in [0.3, 0.4) is 0 Å². The molecule has 3 heterocycles. The van der Waals surface area contributed by atoms with Crippen molar-refractivity contribution in [1.29, 1.82) is 0 Å². The summed E-state index contributed by atoms with van der Waals surface area (Å²) in [6.07, 6.45) is 6.95. The molecular formula is C18H13N5. The number of aromatic nitrogens is 2. The number of nitrogens with one attached hydrogen (secondary N) is 1. The number of amidine groups is 2. The highest BCUT2D eigenvalue weighted by Gasteiger charge is 2.21. The first-order chi connectivity index (χ1) is 11.4. The van der Waals surface area contributed by atoms with E-state index in [0.29, 0.717) is 5.84 Å². The fourth-order valence-corrected chi connectivity index (χ4v) is 2.41. The molecule has 5 nitrogen and oxygen atoms in total. The average molecular weight is 299 g/mol. The number of fused-ring (bicyclic) bond motifs is 1. The highest BCUT2D eigenvalue weighted by Crippen LogP contribution is 2.23. The quantitative estimate of drug-likeness (QED) is 0.788. The Kier molecular flexibility index (Phi) is 3.37. The van der Waals surface area contributed by atoms with Gasteiger partial charge in [0.25, 0.3) is 0 Å². The van der Waals surface area contributed by atoms with Crippen molar-refractivity contribution in [2.24, 2.45) is 9.98 Å². The van der Waals surface area contributed by atoms with Crippen molar-refractivity contribution in [2.75, 3.05) is 5.32 Å². The van der Waals surface area contributed by atoms with Crippen LogP contribution < -0.4 is 5.32 Å². The predicted molar refractivity (Wildman–Crippen MR) is 91.3 cm³/mol. The topological polar surface area (TPSA) is 62.5 Å². The molecule has 0 aliphatic carbocycles. The summed E-state index contributed by atoms with van der Waals surface area (Å²) in [5.74, 6) is 1.45. The van der Waals surface area contributed by atoms with Crippen LogP contribution in [0.25, 0.3) is 0 Å². The van der Waals surface area contributed by atoms with Gasteiger partial charge in [0.15, 0.2) is 5.84 Å². The summed E-state index contributed by atoms with van der Waals surface area (Å²) in [5, 5.41) is 3.30. The number of benzene rings is 1. The van der Waals surface area contributed by atoms with Gasteiger partial charge in [-0.3, -0.25) is 9.97 Å². The lowest BCUT2D eigenvalue weighted by Gasteiger charge is -2.05. The number of pyridine rings is 2. The van der Waals surface area contributed by atoms with Crippen LogP contribution in [0.2, 0.25) is 0 Å². The first kappa shape index (κ1) is 13.3. The number of hydrogen-bond acceptors (Lipinski definition) is 4. The van der Waals surface area contributed by atoms with E-state index in [1.54, 1.807) is 24.8 Å². The van der Waals surface area contributed by atoms with Crippen LogP contribution in [-0.4, -0.2) is 21.6 Å². The Balaban J connectivity index is 1.75. The Morgan fingerprint density at radius 1 is 0.783 bits per heavy atom. The molecule has 4 rings (SSSR count). The minimum atomic E-state index is 0.681. The first-order valence-electron chi connectivity index (χ1n) is 7.24. The first-order valence-corrected chi connectivity index (χ1v) is 7.24. The van der Waals surface area contributed by atoms with Gasteiger partial charge in [-0.05, 0) is 24.3 Å². The van der Waals surface area contributed by atoms with Gasteiger partial charge in [-0.1, -0.05) is 24.3 Å². The zero-order valence-electron chi connectivity index (χ0n) is 12.2. The Hall–Kier alpha value is -3.34. The van der Waals surface area contributed by atoms with Crippen molar-refractivity contribution in [1.82, 2.24) is 9.97 Å². The fourth-order valence-electron chi connectivity index (χ4n) is 2.41. The highest BCUT2D eigenvalue weighted by molar-refractivity contribution is 6.26. The molecule has 2 aromatic heterocycles. The number of hydrogen-bond donors (Lipinski definition) is 1. The molecule has 3 aromatic rings. The second-order valence-electron chi connectivity index (χ2n) is 5.02. The lowest BCUT2D eigenvalue weighted by Crippen LogP contribution is -2.11. The molecule has 0 fully saturated rings. The zero-order valence-corrected chi connectivity index (χ0v) is 12.2. The van der Waals surface area contributed by atoms with E-state index in [4.69, 9.17) is 0 Å². The minimum absolute atomic E-state index is 0.681. The van der Waals surface area contributed by atoms with Crippen LogP contribution in [0, 0.1) is 0 Å². The lowest BCUT2D eigenvalue weighted by atomic mass is 10.1. The summed E-state index contributed by atoms with van der Waals surface area (Å²) in [4.78, 5) is 17.5. The maximum absolute atomic E-state index is 4.65. The van der Waals surface area contributed by atoms with E-state index in [9.17, 15) is 0 Å². The second-order valence-corrected chi connectivity index (χ2v) is 5.02. The summed E-state index contributed by atoms with van der Waals surface area (Å²) in [5.41, 5.74) is 3.70. The van der Waals surface area contributed by atoms with Crippen molar-refractivity contribution >= 4 is 23.0 Å². The third-order valence-electron chi connectivity index (χ3n) is 3.45. The van der Waals surface area contributed by atoms with Crippen molar-refractivity contribution in [2.45, 2.75) is 0 Å². The maximum Gasteiger partial charge on any atom is 0.162 e. The van der Waals surface area contributed by atoms with E-state index >= 15 is 0 Å². The van der Waals surface area contributed by atoms with E-state index < -0.39 is 0 Å². The van der Waals surface area contributed by atoms with Crippen LogP contribution in [0.5, 0.6) is 0 Å². The Morgan fingerprint density at radius 2 is 1.57 bits per heavy atom. The minimum Gasteiger partial charge on any atom is -0.338 e. The van der Waals surface area contributed by atoms with E-state index in [0.717, 1.165) is 28.3 Å². The monoisotopic (exact) mass is 299 g/mol. The number of aliphatic imine (C=N–C) groups is 2. The van der Waals surface area contributed by atoms with Crippen LogP contribution in [0.1, 0.15) is 11.1 Å². The molecule has 0 atom stereocenters. The van der Waals surface area contributed by atoms with Gasteiger partial charge in [-0.25, -0.2) is 9.98 Å². The molecule has 0 saturated heterocycles. The maximum atomic E-state index is 4.65. The smallest absolute Gasteiger partial charge is 0.162 e. The molecule has 0 amide bonds. The predicted octanol–water partition coefficient (Wildman–Crippen LogP) is 3.43. The Morgan fingerprint density at radius 3 is 2.30 bits per heavy atom. The molecule has 5 heteroatoms. The SMILES string of the molecule is c1cncc(N=C2N=C(Nc3cccnc3)c3ccccc32)c1. The molecule has 0 radical (unpaired) electrons. The van der Waals surface area contributed by atoms with Gasteiger partial charge in [0.2, 0.25) is 0 Å². The standard InChI is InChI=1S/C18H13N5/c1-2-8-16-15(7-1)17(21-13-5-3-9-19-11-13)23-18(16)22-14-6-4-10-20-12-14/h1-12H,(H,21,22,23). The summed E-state index contributed by atoms with van der Waals surface area (Å²) in [6.45, 7) is 0. The third kappa shape index (κ3) is 2.72. The molecule has 110 valence electrons. The van der Waals surface area contributed by atoms with Crippen molar-refractivity contribution < 1.29 is 0 Å². The van der Waals surface area contributed by atoms with Crippen LogP contribution in [0.4, 0.5) is 11.4 Å². The van der Waals surface area contributed by atoms with Gasteiger partial charge >= 0.3 is 0 Å². The molecule has 1 aliphatic rings.